The maximum atomic E-state index is 4.71. The van der Waals surface area contributed by atoms with Crippen LogP contribution in [0.5, 0.6) is 0 Å². The van der Waals surface area contributed by atoms with E-state index in [0.717, 1.165) is 24.8 Å². The van der Waals surface area contributed by atoms with E-state index in [2.05, 4.69) is 186 Å². The van der Waals surface area contributed by atoms with E-state index in [-0.39, 0.29) is 10.8 Å². The Kier molecular flexibility index (Phi) is 9.07. The molecule has 0 N–H and O–H groups in total. The van der Waals surface area contributed by atoms with Gasteiger partial charge in [-0.1, -0.05) is 161 Å². The number of fused-ring (bicyclic) bond motifs is 5. The number of aryl methyl sites for hydroxylation is 1. The highest BCUT2D eigenvalue weighted by Gasteiger charge is 2.39. The van der Waals surface area contributed by atoms with Gasteiger partial charge in [0, 0.05) is 39.1 Å². The molecule has 2 heteroatoms. The Labute approximate surface area is 320 Å². The minimum Gasteiger partial charge on any atom is -0.347 e. The second kappa shape index (κ2) is 13.7. The molecule has 0 spiro atoms. The quantitative estimate of drug-likeness (QED) is 0.152. The Bertz CT molecular complexity index is 2550. The van der Waals surface area contributed by atoms with E-state index in [1.165, 1.54) is 81.3 Å². The smallest absolute Gasteiger partial charge is 0.0454 e. The van der Waals surface area contributed by atoms with Crippen LogP contribution in [0.25, 0.3) is 32.3 Å². The highest BCUT2D eigenvalue weighted by molar-refractivity contribution is 8.03. The maximum Gasteiger partial charge on any atom is 0.0454 e. The second-order valence-corrected chi connectivity index (χ2v) is 17.0. The van der Waals surface area contributed by atoms with Crippen LogP contribution in [0.3, 0.4) is 0 Å². The van der Waals surface area contributed by atoms with E-state index in [1.54, 1.807) is 0 Å². The minimum absolute atomic E-state index is 0.127. The SMILES string of the molecule is C=C(/C=C/C1=C(Sc2ccc3ccccc3c2)C(=C/C=C2/N(C)c3ccc4ccccc4c3C2(C)C)/CCC1)C(C)(C)c1c(C)ccc2ccccc12. The van der Waals surface area contributed by atoms with E-state index in [1.807, 2.05) is 11.8 Å². The minimum atomic E-state index is -0.233. The first kappa shape index (κ1) is 35.0. The van der Waals surface area contributed by atoms with E-state index in [4.69, 9.17) is 6.58 Å². The lowest BCUT2D eigenvalue weighted by atomic mass is 9.74. The highest BCUT2D eigenvalue weighted by Crippen LogP contribution is 2.50. The van der Waals surface area contributed by atoms with Crippen molar-refractivity contribution < 1.29 is 0 Å². The summed E-state index contributed by atoms with van der Waals surface area (Å²) >= 11 is 1.92. The Morgan fingerprint density at radius 3 is 2.17 bits per heavy atom. The zero-order valence-corrected chi connectivity index (χ0v) is 32.8. The summed E-state index contributed by atoms with van der Waals surface area (Å²) in [5, 5.41) is 7.78. The fourth-order valence-electron chi connectivity index (χ4n) is 8.85. The maximum absolute atomic E-state index is 4.71. The van der Waals surface area contributed by atoms with Crippen LogP contribution in [0, 0.1) is 6.92 Å². The van der Waals surface area contributed by atoms with Gasteiger partial charge in [0.1, 0.15) is 0 Å². The molecular weight excluding hydrogens is 659 g/mol. The summed E-state index contributed by atoms with van der Waals surface area (Å²) in [6.45, 7) is 16.4. The van der Waals surface area contributed by atoms with Crippen LogP contribution in [-0.2, 0) is 10.8 Å². The van der Waals surface area contributed by atoms with Gasteiger partial charge in [-0.05, 0) is 116 Å². The third-order valence-electron chi connectivity index (χ3n) is 11.8. The molecule has 0 unspecified atom stereocenters. The van der Waals surface area contributed by atoms with Gasteiger partial charge in [0.15, 0.2) is 0 Å². The van der Waals surface area contributed by atoms with Gasteiger partial charge in [-0.25, -0.2) is 0 Å². The molecule has 1 nitrogen and oxygen atoms in total. The predicted octanol–water partition coefficient (Wildman–Crippen LogP) is 14.3. The molecule has 1 aliphatic heterocycles. The number of thioether (sulfide) groups is 1. The molecule has 0 radical (unpaired) electrons. The van der Waals surface area contributed by atoms with Gasteiger partial charge in [0.2, 0.25) is 0 Å². The van der Waals surface area contributed by atoms with Crippen molar-refractivity contribution >= 4 is 49.8 Å². The number of allylic oxidation sites excluding steroid dienone is 8. The lowest BCUT2D eigenvalue weighted by molar-refractivity contribution is 0.643. The van der Waals surface area contributed by atoms with Gasteiger partial charge >= 0.3 is 0 Å². The number of anilines is 1. The number of benzene rings is 6. The number of nitrogens with zero attached hydrogens (tertiary/aromatic N) is 1. The molecule has 8 rings (SSSR count). The van der Waals surface area contributed by atoms with Crippen molar-refractivity contribution in [3.8, 4) is 0 Å². The molecule has 53 heavy (non-hydrogen) atoms. The van der Waals surface area contributed by atoms with Crippen molar-refractivity contribution in [3.63, 3.8) is 0 Å². The van der Waals surface area contributed by atoms with Crippen molar-refractivity contribution in [2.75, 3.05) is 11.9 Å². The van der Waals surface area contributed by atoms with Crippen LogP contribution < -0.4 is 4.90 Å². The number of rotatable bonds is 7. The Hall–Kier alpha value is -5.05. The second-order valence-electron chi connectivity index (χ2n) is 15.9. The van der Waals surface area contributed by atoms with Crippen LogP contribution in [0.2, 0.25) is 0 Å². The van der Waals surface area contributed by atoms with Crippen LogP contribution in [0.4, 0.5) is 5.69 Å². The van der Waals surface area contributed by atoms with Gasteiger partial charge in [-0.3, -0.25) is 0 Å². The zero-order valence-electron chi connectivity index (χ0n) is 32.0. The molecule has 0 amide bonds. The molecule has 2 aliphatic rings. The Balaban J connectivity index is 1.20. The lowest BCUT2D eigenvalue weighted by Crippen LogP contribution is -2.22. The summed E-state index contributed by atoms with van der Waals surface area (Å²) in [4.78, 5) is 5.05. The third-order valence-corrected chi connectivity index (χ3v) is 13.0. The topological polar surface area (TPSA) is 3.24 Å². The number of hydrogen-bond acceptors (Lipinski definition) is 2. The van der Waals surface area contributed by atoms with Gasteiger partial charge in [0.05, 0.1) is 0 Å². The van der Waals surface area contributed by atoms with E-state index >= 15 is 0 Å². The fourth-order valence-corrected chi connectivity index (χ4v) is 10.0. The van der Waals surface area contributed by atoms with E-state index < -0.39 is 0 Å². The number of hydrogen-bond donors (Lipinski definition) is 0. The van der Waals surface area contributed by atoms with Crippen LogP contribution in [0.15, 0.2) is 178 Å². The van der Waals surface area contributed by atoms with E-state index in [0.29, 0.717) is 0 Å². The first-order chi connectivity index (χ1) is 25.5. The Morgan fingerprint density at radius 1 is 0.755 bits per heavy atom. The average Bonchev–Trinajstić information content (AvgIpc) is 3.36. The summed E-state index contributed by atoms with van der Waals surface area (Å²) in [5.41, 5.74) is 10.3. The first-order valence-electron chi connectivity index (χ1n) is 19.0. The largest absolute Gasteiger partial charge is 0.347 e. The van der Waals surface area contributed by atoms with E-state index in [9.17, 15) is 0 Å². The van der Waals surface area contributed by atoms with Gasteiger partial charge in [-0.2, -0.15) is 0 Å². The van der Waals surface area contributed by atoms with Crippen molar-refractivity contribution in [2.24, 2.45) is 0 Å². The Morgan fingerprint density at radius 2 is 1.40 bits per heavy atom. The van der Waals surface area contributed by atoms with Gasteiger partial charge in [-0.15, -0.1) is 0 Å². The molecule has 6 aromatic rings. The number of likely N-dealkylation sites (N-methyl/N-ethyl adjacent to an activating group) is 1. The summed E-state index contributed by atoms with van der Waals surface area (Å²) in [6.07, 6.45) is 12.7. The zero-order chi connectivity index (χ0) is 36.9. The fraction of sp³-hybridized carbons (Fsp3) is 0.216. The summed E-state index contributed by atoms with van der Waals surface area (Å²) in [5.74, 6) is 0. The molecule has 0 atom stereocenters. The van der Waals surface area contributed by atoms with Gasteiger partial charge in [0.25, 0.3) is 0 Å². The predicted molar refractivity (Wildman–Crippen MR) is 232 cm³/mol. The van der Waals surface area contributed by atoms with Crippen LogP contribution in [0.1, 0.15) is 63.6 Å². The van der Waals surface area contributed by atoms with Crippen molar-refractivity contribution in [1.29, 1.82) is 0 Å². The normalized spacial score (nSPS) is 17.6. The van der Waals surface area contributed by atoms with Gasteiger partial charge < -0.3 is 4.90 Å². The molecule has 1 aliphatic carbocycles. The molecule has 0 fully saturated rings. The molecule has 0 saturated heterocycles. The molecule has 0 bridgehead atoms. The molecule has 264 valence electrons. The molecule has 0 saturated carbocycles. The lowest BCUT2D eigenvalue weighted by Gasteiger charge is -2.30. The molecule has 6 aromatic carbocycles. The highest BCUT2D eigenvalue weighted by atomic mass is 32.2. The monoisotopic (exact) mass is 707 g/mol. The van der Waals surface area contributed by atoms with Crippen LogP contribution >= 0.6 is 11.8 Å². The molecule has 1 heterocycles. The summed E-state index contributed by atoms with van der Waals surface area (Å²) in [6, 6.07) is 42.2. The average molecular weight is 708 g/mol. The first-order valence-corrected chi connectivity index (χ1v) is 19.8. The third kappa shape index (κ3) is 6.28. The standard InChI is InChI=1S/C51H49NS/c1-34-23-25-37-16-10-12-21-43(37)47(34)50(3,4)35(2)24-26-39-19-14-20-40(49(39)53-42-30-27-36-15-8-9-18-41(36)33-42)29-32-46-51(5,6)48-44-22-13-11-17-38(44)28-31-45(48)52(46)7/h8-13,15-18,21-33H,2,14,19-20H2,1,3-7H3/b26-24+,40-29+,46-32+. The molecule has 0 aromatic heterocycles. The molecular formula is C51H49NS. The van der Waals surface area contributed by atoms with Crippen LogP contribution in [-0.4, -0.2) is 7.05 Å². The van der Waals surface area contributed by atoms with Crippen molar-refractivity contribution in [3.05, 3.63) is 190 Å². The summed E-state index contributed by atoms with van der Waals surface area (Å²) in [7, 11) is 2.23. The van der Waals surface area contributed by atoms with Crippen molar-refractivity contribution in [1.82, 2.24) is 0 Å². The summed E-state index contributed by atoms with van der Waals surface area (Å²) < 4.78 is 0. The van der Waals surface area contributed by atoms with Crippen molar-refractivity contribution in [2.45, 2.75) is 69.6 Å².